The average molecular weight is 340 g/mol. The number of fused-ring (bicyclic) bond motifs is 1. The molecule has 1 aromatic carbocycles. The molecule has 1 N–H and O–H groups in total. The molecule has 2 fully saturated rings. The van der Waals surface area contributed by atoms with E-state index in [1.54, 1.807) is 4.90 Å². The topological polar surface area (TPSA) is 83.6 Å². The number of amides is 1. The molecule has 0 radical (unpaired) electrons. The van der Waals surface area contributed by atoms with Crippen LogP contribution in [0.5, 0.6) is 0 Å². The molecule has 130 valence electrons. The molecule has 3 atom stereocenters. The Morgan fingerprint density at radius 2 is 1.92 bits per heavy atom. The lowest BCUT2D eigenvalue weighted by atomic mass is 9.84. The number of nitrogens with zero attached hydrogens (tertiary/aromatic N) is 2. The molecule has 3 unspecified atom stereocenters. The molecule has 2 aliphatic rings. The van der Waals surface area contributed by atoms with Crippen LogP contribution in [-0.4, -0.2) is 39.0 Å². The van der Waals surface area contributed by atoms with Crippen molar-refractivity contribution in [3.63, 3.8) is 0 Å². The van der Waals surface area contributed by atoms with E-state index in [1.165, 1.54) is 6.26 Å². The first-order valence-corrected chi connectivity index (χ1v) is 8.71. The Labute approximate surface area is 145 Å². The lowest BCUT2D eigenvalue weighted by Crippen LogP contribution is -2.46. The van der Waals surface area contributed by atoms with Crippen LogP contribution in [0.4, 0.5) is 0 Å². The van der Waals surface area contributed by atoms with E-state index < -0.39 is 12.0 Å². The summed E-state index contributed by atoms with van der Waals surface area (Å²) < 4.78 is 5.46. The molecule has 2 heterocycles. The highest BCUT2D eigenvalue weighted by Gasteiger charge is 2.48. The van der Waals surface area contributed by atoms with Gasteiger partial charge in [-0.1, -0.05) is 31.0 Å². The molecular weight excluding hydrogens is 320 g/mol. The fourth-order valence-electron chi connectivity index (χ4n) is 4.19. The molecule has 25 heavy (non-hydrogen) atoms. The van der Waals surface area contributed by atoms with Crippen molar-refractivity contribution in [1.82, 2.24) is 9.88 Å². The van der Waals surface area contributed by atoms with E-state index in [2.05, 4.69) is 4.98 Å². The molecule has 1 aliphatic carbocycles. The van der Waals surface area contributed by atoms with Crippen molar-refractivity contribution in [3.05, 3.63) is 42.3 Å². The predicted octanol–water partition coefficient (Wildman–Crippen LogP) is 3.20. The van der Waals surface area contributed by atoms with E-state index in [0.29, 0.717) is 12.3 Å². The number of benzene rings is 1. The molecule has 6 nitrogen and oxygen atoms in total. The summed E-state index contributed by atoms with van der Waals surface area (Å²) in [5, 5.41) is 9.57. The van der Waals surface area contributed by atoms with Crippen LogP contribution in [0.15, 0.2) is 41.0 Å². The number of carbonyl (C=O) groups is 2. The standard InChI is InChI=1S/C19H20N2O4/c22-18(14-11-25-17(20-14)12-6-2-1-3-7-12)21-15-9-5-4-8-13(15)10-16(21)19(23)24/h1-3,6-7,11,13,15-16H,4-5,8-10H2,(H,23,24). The van der Waals surface area contributed by atoms with Gasteiger partial charge in [-0.2, -0.15) is 0 Å². The molecule has 0 spiro atoms. The smallest absolute Gasteiger partial charge is 0.326 e. The monoisotopic (exact) mass is 340 g/mol. The van der Waals surface area contributed by atoms with Crippen LogP contribution >= 0.6 is 0 Å². The maximum Gasteiger partial charge on any atom is 0.326 e. The molecule has 1 amide bonds. The fraction of sp³-hybridized carbons (Fsp3) is 0.421. The highest BCUT2D eigenvalue weighted by atomic mass is 16.4. The second-order valence-corrected chi connectivity index (χ2v) is 6.82. The fourth-order valence-corrected chi connectivity index (χ4v) is 4.19. The van der Waals surface area contributed by atoms with Crippen molar-refractivity contribution in [2.75, 3.05) is 0 Å². The number of carboxylic acids is 1. The molecule has 1 saturated heterocycles. The van der Waals surface area contributed by atoms with E-state index in [1.807, 2.05) is 30.3 Å². The van der Waals surface area contributed by atoms with Gasteiger partial charge in [0, 0.05) is 11.6 Å². The summed E-state index contributed by atoms with van der Waals surface area (Å²) in [5.74, 6) is -0.628. The van der Waals surface area contributed by atoms with Crippen LogP contribution in [0.1, 0.15) is 42.6 Å². The summed E-state index contributed by atoms with van der Waals surface area (Å²) in [7, 11) is 0. The molecule has 2 aromatic rings. The van der Waals surface area contributed by atoms with Gasteiger partial charge in [0.15, 0.2) is 5.69 Å². The highest BCUT2D eigenvalue weighted by Crippen LogP contribution is 2.40. The Morgan fingerprint density at radius 1 is 1.16 bits per heavy atom. The molecule has 1 aromatic heterocycles. The van der Waals surface area contributed by atoms with Gasteiger partial charge in [-0.15, -0.1) is 0 Å². The van der Waals surface area contributed by atoms with E-state index in [-0.39, 0.29) is 23.6 Å². The Morgan fingerprint density at radius 3 is 2.68 bits per heavy atom. The van der Waals surface area contributed by atoms with Gasteiger partial charge in [-0.05, 0) is 37.3 Å². The Kier molecular flexibility index (Phi) is 4.03. The van der Waals surface area contributed by atoms with Crippen molar-refractivity contribution >= 4 is 11.9 Å². The third-order valence-corrected chi connectivity index (χ3v) is 5.35. The molecule has 4 rings (SSSR count). The quantitative estimate of drug-likeness (QED) is 0.927. The van der Waals surface area contributed by atoms with Crippen LogP contribution in [0, 0.1) is 5.92 Å². The van der Waals surface area contributed by atoms with Crippen LogP contribution in [0.3, 0.4) is 0 Å². The van der Waals surface area contributed by atoms with Gasteiger partial charge >= 0.3 is 5.97 Å². The zero-order valence-corrected chi connectivity index (χ0v) is 13.8. The lowest BCUT2D eigenvalue weighted by molar-refractivity contribution is -0.141. The molecule has 1 saturated carbocycles. The van der Waals surface area contributed by atoms with Gasteiger partial charge in [0.25, 0.3) is 5.91 Å². The second-order valence-electron chi connectivity index (χ2n) is 6.82. The summed E-state index contributed by atoms with van der Waals surface area (Å²) in [5.41, 5.74) is 0.963. The van der Waals surface area contributed by atoms with Crippen LogP contribution < -0.4 is 0 Å². The lowest BCUT2D eigenvalue weighted by Gasteiger charge is -2.32. The maximum atomic E-state index is 13.0. The third-order valence-electron chi connectivity index (χ3n) is 5.35. The number of hydrogen-bond acceptors (Lipinski definition) is 4. The van der Waals surface area contributed by atoms with Gasteiger partial charge in [0.1, 0.15) is 12.3 Å². The zero-order chi connectivity index (χ0) is 17.4. The SMILES string of the molecule is O=C(O)C1CC2CCCCC2N1C(=O)c1coc(-c2ccccc2)n1. The average Bonchev–Trinajstić information content (AvgIpc) is 3.27. The number of oxazole rings is 1. The Hall–Kier alpha value is -2.63. The third kappa shape index (κ3) is 2.81. The summed E-state index contributed by atoms with van der Waals surface area (Å²) in [6.07, 6.45) is 5.87. The first kappa shape index (κ1) is 15.9. The van der Waals surface area contributed by atoms with Gasteiger partial charge in [0.2, 0.25) is 5.89 Å². The summed E-state index contributed by atoms with van der Waals surface area (Å²) in [6, 6.07) is 8.57. The van der Waals surface area contributed by atoms with Crippen molar-refractivity contribution in [3.8, 4) is 11.5 Å². The van der Waals surface area contributed by atoms with Crippen LogP contribution in [-0.2, 0) is 4.79 Å². The number of aliphatic carboxylic acids is 1. The number of likely N-dealkylation sites (tertiary alicyclic amines) is 1. The highest BCUT2D eigenvalue weighted by molar-refractivity contribution is 5.95. The van der Waals surface area contributed by atoms with Crippen molar-refractivity contribution in [2.24, 2.45) is 5.92 Å². The van der Waals surface area contributed by atoms with Crippen molar-refractivity contribution in [2.45, 2.75) is 44.2 Å². The van der Waals surface area contributed by atoms with E-state index in [9.17, 15) is 14.7 Å². The first-order valence-electron chi connectivity index (χ1n) is 8.71. The second kappa shape index (κ2) is 6.35. The molecule has 1 aliphatic heterocycles. The minimum Gasteiger partial charge on any atom is -0.480 e. The number of carboxylic acid groups (broad SMARTS) is 1. The van der Waals surface area contributed by atoms with Crippen LogP contribution in [0.25, 0.3) is 11.5 Å². The zero-order valence-electron chi connectivity index (χ0n) is 13.8. The predicted molar refractivity (Wildman–Crippen MR) is 89.9 cm³/mol. The normalized spacial score (nSPS) is 25.6. The summed E-state index contributed by atoms with van der Waals surface area (Å²) >= 11 is 0. The summed E-state index contributed by atoms with van der Waals surface area (Å²) in [4.78, 5) is 30.5. The largest absolute Gasteiger partial charge is 0.480 e. The number of hydrogen-bond donors (Lipinski definition) is 1. The van der Waals surface area contributed by atoms with E-state index in [4.69, 9.17) is 4.42 Å². The van der Waals surface area contributed by atoms with Crippen molar-refractivity contribution < 1.29 is 19.1 Å². The summed E-state index contributed by atoms with van der Waals surface area (Å²) in [6.45, 7) is 0. The number of carbonyl (C=O) groups excluding carboxylic acids is 1. The molecule has 0 bridgehead atoms. The number of aromatic nitrogens is 1. The number of rotatable bonds is 3. The first-order chi connectivity index (χ1) is 12.1. The van der Waals surface area contributed by atoms with Crippen LogP contribution in [0.2, 0.25) is 0 Å². The minimum absolute atomic E-state index is 0.000717. The Bertz CT molecular complexity index is 786. The molecular formula is C19H20N2O4. The van der Waals surface area contributed by atoms with Gasteiger partial charge in [-0.25, -0.2) is 9.78 Å². The van der Waals surface area contributed by atoms with Crippen molar-refractivity contribution in [1.29, 1.82) is 0 Å². The Balaban J connectivity index is 1.63. The minimum atomic E-state index is -0.936. The van der Waals surface area contributed by atoms with Gasteiger partial charge < -0.3 is 14.4 Å². The maximum absolute atomic E-state index is 13.0. The molecule has 6 heteroatoms. The van der Waals surface area contributed by atoms with Gasteiger partial charge in [0.05, 0.1) is 0 Å². The van der Waals surface area contributed by atoms with Gasteiger partial charge in [-0.3, -0.25) is 4.79 Å². The van der Waals surface area contributed by atoms with E-state index >= 15 is 0 Å². The van der Waals surface area contributed by atoms with E-state index in [0.717, 1.165) is 31.2 Å².